The van der Waals surface area contributed by atoms with E-state index < -0.39 is 6.10 Å². The lowest BCUT2D eigenvalue weighted by molar-refractivity contribution is -0.0317. The van der Waals surface area contributed by atoms with Crippen molar-refractivity contribution in [3.8, 4) is 17.2 Å². The molecule has 0 radical (unpaired) electrons. The summed E-state index contributed by atoms with van der Waals surface area (Å²) in [4.78, 5) is 15.3. The van der Waals surface area contributed by atoms with Gasteiger partial charge in [0.15, 0.2) is 11.5 Å². The van der Waals surface area contributed by atoms with Crippen LogP contribution >= 0.6 is 0 Å². The van der Waals surface area contributed by atoms with Crippen molar-refractivity contribution < 1.29 is 28.5 Å². The maximum Gasteiger partial charge on any atom is 0.338 e. The number of nitrogens with zero attached hydrogens (tertiary/aromatic N) is 1. The quantitative estimate of drug-likeness (QED) is 0.539. The summed E-state index contributed by atoms with van der Waals surface area (Å²) in [5.74, 6) is 2.24. The molecule has 2 bridgehead atoms. The van der Waals surface area contributed by atoms with Crippen LogP contribution in [0.25, 0.3) is 0 Å². The van der Waals surface area contributed by atoms with E-state index in [9.17, 15) is 4.79 Å². The first-order valence-electron chi connectivity index (χ1n) is 10.9. The highest BCUT2D eigenvalue weighted by atomic mass is 16.7. The molecule has 1 saturated heterocycles. The fraction of sp³-hybridized carbons (Fsp3) is 0.400. The first-order chi connectivity index (χ1) is 15.6. The van der Waals surface area contributed by atoms with Gasteiger partial charge >= 0.3 is 5.97 Å². The number of carbonyl (C=O) groups is 1. The second kappa shape index (κ2) is 7.53. The van der Waals surface area contributed by atoms with Gasteiger partial charge in [0.25, 0.3) is 0 Å². The van der Waals surface area contributed by atoms with E-state index in [1.165, 1.54) is 16.7 Å². The minimum absolute atomic E-state index is 0.190. The summed E-state index contributed by atoms with van der Waals surface area (Å²) in [6.07, 6.45) is 2.29. The monoisotopic (exact) mass is 435 g/mol. The van der Waals surface area contributed by atoms with Crippen molar-refractivity contribution >= 4 is 5.97 Å². The number of hydrogen-bond donors (Lipinski definition) is 0. The van der Waals surface area contributed by atoms with Gasteiger partial charge in [0.2, 0.25) is 6.79 Å². The summed E-state index contributed by atoms with van der Waals surface area (Å²) in [6.45, 7) is 2.10. The predicted molar refractivity (Wildman–Crippen MR) is 115 cm³/mol. The van der Waals surface area contributed by atoms with Crippen LogP contribution in [0.5, 0.6) is 17.2 Å². The molecular formula is C25H25NO6. The molecule has 0 spiro atoms. The van der Waals surface area contributed by atoms with E-state index in [4.69, 9.17) is 23.7 Å². The molecule has 2 aromatic carbocycles. The van der Waals surface area contributed by atoms with Gasteiger partial charge in [-0.1, -0.05) is 0 Å². The van der Waals surface area contributed by atoms with Crippen molar-refractivity contribution in [1.29, 1.82) is 0 Å². The molecule has 6 rings (SSSR count). The number of hydrogen-bond acceptors (Lipinski definition) is 7. The second-order valence-electron chi connectivity index (χ2n) is 8.68. The molecule has 0 N–H and O–H groups in total. The maximum absolute atomic E-state index is 12.8. The van der Waals surface area contributed by atoms with Crippen molar-refractivity contribution in [3.63, 3.8) is 0 Å². The minimum atomic E-state index is -0.432. The fourth-order valence-electron chi connectivity index (χ4n) is 5.47. The number of rotatable bonds is 4. The standard InChI is InChI=1S/C25H25NO6/c1-28-16-5-3-14(4-6-16)25(27)32-24-9-18-19-12-26(20(18)10-21(24)29-2)11-15-7-22-23(8-17(15)19)31-13-30-22/h3-9,19-21,24H,10-13H2,1-2H3/t19-,20-,21-,24-/m0/s1. The van der Waals surface area contributed by atoms with Crippen molar-refractivity contribution in [2.45, 2.75) is 37.1 Å². The molecule has 1 unspecified atom stereocenters. The summed E-state index contributed by atoms with van der Waals surface area (Å²) < 4.78 is 28.1. The molecule has 0 saturated carbocycles. The van der Waals surface area contributed by atoms with Crippen LogP contribution in [0, 0.1) is 0 Å². The van der Waals surface area contributed by atoms with Crippen molar-refractivity contribution in [1.82, 2.24) is 4.90 Å². The van der Waals surface area contributed by atoms with Crippen LogP contribution < -0.4 is 14.2 Å². The van der Waals surface area contributed by atoms with E-state index in [1.807, 2.05) is 0 Å². The van der Waals surface area contributed by atoms with Crippen molar-refractivity contribution in [2.24, 2.45) is 0 Å². The van der Waals surface area contributed by atoms with Crippen LogP contribution in [0.1, 0.15) is 33.8 Å². The average Bonchev–Trinajstić information content (AvgIpc) is 3.39. The van der Waals surface area contributed by atoms with Gasteiger partial charge in [0.05, 0.1) is 18.8 Å². The Morgan fingerprint density at radius 1 is 1.09 bits per heavy atom. The Morgan fingerprint density at radius 3 is 2.62 bits per heavy atom. The highest BCUT2D eigenvalue weighted by molar-refractivity contribution is 5.89. The van der Waals surface area contributed by atoms with Crippen LogP contribution in [-0.4, -0.2) is 56.7 Å². The Balaban J connectivity index is 1.30. The summed E-state index contributed by atoms with van der Waals surface area (Å²) in [6, 6.07) is 11.5. The Labute approximate surface area is 186 Å². The molecule has 7 nitrogen and oxygen atoms in total. The molecule has 0 amide bonds. The van der Waals surface area contributed by atoms with Gasteiger partial charge in [-0.15, -0.1) is 0 Å². The molecular weight excluding hydrogens is 410 g/mol. The Morgan fingerprint density at radius 2 is 1.88 bits per heavy atom. The third-order valence-corrected chi connectivity index (χ3v) is 7.08. The third-order valence-electron chi connectivity index (χ3n) is 7.08. The smallest absolute Gasteiger partial charge is 0.338 e. The van der Waals surface area contributed by atoms with E-state index in [1.54, 1.807) is 38.5 Å². The second-order valence-corrected chi connectivity index (χ2v) is 8.68. The van der Waals surface area contributed by atoms with Crippen LogP contribution in [0.4, 0.5) is 0 Å². The number of carbonyl (C=O) groups excluding carboxylic acids is 1. The van der Waals surface area contributed by atoms with Crippen LogP contribution in [0.2, 0.25) is 0 Å². The number of esters is 1. The van der Waals surface area contributed by atoms with Gasteiger partial charge in [0, 0.05) is 32.2 Å². The van der Waals surface area contributed by atoms with Gasteiger partial charge in [-0.3, -0.25) is 4.90 Å². The molecule has 7 heteroatoms. The summed E-state index contributed by atoms with van der Waals surface area (Å²) >= 11 is 0. The lowest BCUT2D eigenvalue weighted by Gasteiger charge is -2.34. The predicted octanol–water partition coefficient (Wildman–Crippen LogP) is 3.28. The zero-order chi connectivity index (χ0) is 21.8. The van der Waals surface area contributed by atoms with E-state index >= 15 is 0 Å². The van der Waals surface area contributed by atoms with Gasteiger partial charge in [-0.25, -0.2) is 4.79 Å². The van der Waals surface area contributed by atoms with Gasteiger partial charge in [-0.2, -0.15) is 0 Å². The Hall–Kier alpha value is -3.03. The number of benzene rings is 2. The van der Waals surface area contributed by atoms with E-state index in [2.05, 4.69) is 23.1 Å². The largest absolute Gasteiger partial charge is 0.497 e. The number of ether oxygens (including phenoxy) is 5. The maximum atomic E-state index is 12.8. The fourth-order valence-corrected chi connectivity index (χ4v) is 5.47. The topological polar surface area (TPSA) is 66.5 Å². The van der Waals surface area contributed by atoms with Crippen LogP contribution in [-0.2, 0) is 16.0 Å². The van der Waals surface area contributed by atoms with E-state index in [0.29, 0.717) is 11.3 Å². The lowest BCUT2D eigenvalue weighted by Crippen LogP contribution is -2.42. The highest BCUT2D eigenvalue weighted by Crippen LogP contribution is 2.50. The van der Waals surface area contributed by atoms with Gasteiger partial charge in [0.1, 0.15) is 11.9 Å². The van der Waals surface area contributed by atoms with E-state index in [0.717, 1.165) is 31.0 Å². The summed E-state index contributed by atoms with van der Waals surface area (Å²) in [5, 5.41) is 0. The van der Waals surface area contributed by atoms with Crippen LogP contribution in [0.15, 0.2) is 48.0 Å². The minimum Gasteiger partial charge on any atom is -0.497 e. The molecule has 3 aliphatic heterocycles. The number of methoxy groups -OCH3 is 2. The van der Waals surface area contributed by atoms with Gasteiger partial charge < -0.3 is 23.7 Å². The zero-order valence-corrected chi connectivity index (χ0v) is 18.1. The third kappa shape index (κ3) is 3.07. The molecule has 166 valence electrons. The normalized spacial score (nSPS) is 29.1. The molecule has 2 aromatic rings. The van der Waals surface area contributed by atoms with E-state index in [-0.39, 0.29) is 30.8 Å². The summed E-state index contributed by atoms with van der Waals surface area (Å²) in [5.41, 5.74) is 4.37. The van der Waals surface area contributed by atoms with Gasteiger partial charge in [-0.05, 0) is 65.6 Å². The van der Waals surface area contributed by atoms with Crippen LogP contribution in [0.3, 0.4) is 0 Å². The SMILES string of the molecule is COc1ccc(C(=O)O[C@H]2C=C3[C@H]4CN(Cc5cc6c(cc54)OCO6)[C@H]3C[C@@H]2OC)cc1. The lowest BCUT2D eigenvalue weighted by atomic mass is 9.82. The Bertz CT molecular complexity index is 1090. The first-order valence-corrected chi connectivity index (χ1v) is 10.9. The first kappa shape index (κ1) is 19.6. The highest BCUT2D eigenvalue weighted by Gasteiger charge is 2.47. The Kier molecular flexibility index (Phi) is 4.62. The molecule has 32 heavy (non-hydrogen) atoms. The van der Waals surface area contributed by atoms with Crippen molar-refractivity contribution in [3.05, 3.63) is 64.7 Å². The molecule has 4 aliphatic rings. The zero-order valence-electron chi connectivity index (χ0n) is 18.1. The molecule has 1 aliphatic carbocycles. The summed E-state index contributed by atoms with van der Waals surface area (Å²) in [7, 11) is 3.28. The number of fused-ring (bicyclic) bond motifs is 8. The molecule has 0 aromatic heterocycles. The molecule has 5 atom stereocenters. The van der Waals surface area contributed by atoms with Crippen molar-refractivity contribution in [2.75, 3.05) is 27.6 Å². The molecule has 3 heterocycles. The molecule has 1 fully saturated rings. The average molecular weight is 435 g/mol.